The van der Waals surface area contributed by atoms with Gasteiger partial charge in [0.2, 0.25) is 0 Å². The van der Waals surface area contributed by atoms with Gasteiger partial charge in [-0.05, 0) is 0 Å². The average molecular weight is 118 g/mol. The van der Waals surface area contributed by atoms with Crippen LogP contribution < -0.4 is 15.9 Å². The molecule has 0 aromatic carbocycles. The molecule has 1 aliphatic heterocycles. The molecular weight excluding hydrogens is 111 g/mol. The SMILES string of the molecule is CB(N)N1[B]N[B]N[B]1. The molecule has 0 saturated carbocycles. The summed E-state index contributed by atoms with van der Waals surface area (Å²) in [5.41, 5.74) is 5.54. The van der Waals surface area contributed by atoms with Gasteiger partial charge in [0.05, 0.1) is 0 Å². The molecule has 43 valence electrons. The van der Waals surface area contributed by atoms with Crippen LogP contribution in [0, 0.1) is 0 Å². The quantitative estimate of drug-likeness (QED) is 0.325. The molecule has 0 spiro atoms. The highest BCUT2D eigenvalue weighted by atomic mass is 15.1. The minimum atomic E-state index is 0.0127. The van der Waals surface area contributed by atoms with E-state index in [4.69, 9.17) is 5.64 Å². The van der Waals surface area contributed by atoms with Crippen molar-refractivity contribution in [2.24, 2.45) is 5.64 Å². The predicted molar refractivity (Wildman–Crippen MR) is 41.2 cm³/mol. The van der Waals surface area contributed by atoms with Gasteiger partial charge in [0.1, 0.15) is 0 Å². The Morgan fingerprint density at radius 1 is 1.44 bits per heavy atom. The Morgan fingerprint density at radius 3 is 2.33 bits per heavy atom. The highest BCUT2D eigenvalue weighted by Crippen LogP contribution is 1.81. The van der Waals surface area contributed by atoms with Crippen LogP contribution >= 0.6 is 0 Å². The van der Waals surface area contributed by atoms with Crippen molar-refractivity contribution in [2.45, 2.75) is 6.82 Å². The fraction of sp³-hybridized carbons (Fsp3) is 1.00. The third-order valence-corrected chi connectivity index (χ3v) is 1.08. The van der Waals surface area contributed by atoms with E-state index in [2.05, 4.69) is 10.3 Å². The molecule has 0 aliphatic carbocycles. The monoisotopic (exact) mass is 119 g/mol. The first kappa shape index (κ1) is 7.21. The topological polar surface area (TPSA) is 53.3 Å². The molecule has 4 nitrogen and oxygen atoms in total. The number of nitrogens with zero attached hydrogens (tertiary/aromatic N) is 1. The molecule has 0 amide bonds. The molecule has 1 rings (SSSR count). The molecule has 0 aromatic rings. The maximum absolute atomic E-state index is 5.54. The van der Waals surface area contributed by atoms with Crippen LogP contribution in [0.3, 0.4) is 0 Å². The van der Waals surface area contributed by atoms with Crippen LogP contribution in [0.15, 0.2) is 0 Å². The minimum Gasteiger partial charge on any atom is -0.394 e. The minimum absolute atomic E-state index is 0.0127. The van der Waals surface area contributed by atoms with E-state index in [9.17, 15) is 0 Å². The van der Waals surface area contributed by atoms with Crippen LogP contribution in [-0.4, -0.2) is 34.3 Å². The van der Waals surface area contributed by atoms with Crippen LogP contribution in [0.5, 0.6) is 0 Å². The molecule has 1 fully saturated rings. The zero-order valence-electron chi connectivity index (χ0n) is 5.33. The first-order valence-electron chi connectivity index (χ1n) is 2.84. The Bertz CT molecular complexity index is 80.6. The summed E-state index contributed by atoms with van der Waals surface area (Å²) in [4.78, 5) is 0. The second kappa shape index (κ2) is 3.31. The lowest BCUT2D eigenvalue weighted by molar-refractivity contribution is 0.976. The number of rotatable bonds is 1. The molecule has 0 aromatic heterocycles. The van der Waals surface area contributed by atoms with Crippen molar-refractivity contribution in [2.75, 3.05) is 0 Å². The summed E-state index contributed by atoms with van der Waals surface area (Å²) in [5, 5.41) is 5.74. The fourth-order valence-corrected chi connectivity index (χ4v) is 0.567. The predicted octanol–water partition coefficient (Wildman–Crippen LogP) is -2.84. The smallest absolute Gasteiger partial charge is 0.284 e. The first-order chi connectivity index (χ1) is 4.30. The summed E-state index contributed by atoms with van der Waals surface area (Å²) >= 11 is 0. The van der Waals surface area contributed by atoms with Crippen molar-refractivity contribution >= 4 is 29.6 Å². The van der Waals surface area contributed by atoms with Crippen molar-refractivity contribution in [3.63, 3.8) is 0 Å². The lowest BCUT2D eigenvalue weighted by Gasteiger charge is -2.26. The Morgan fingerprint density at radius 2 is 2.00 bits per heavy atom. The summed E-state index contributed by atoms with van der Waals surface area (Å²) in [7, 11) is 5.31. The van der Waals surface area contributed by atoms with Gasteiger partial charge in [-0.2, -0.15) is 0 Å². The van der Waals surface area contributed by atoms with Gasteiger partial charge in [-0.15, -0.1) is 0 Å². The zero-order chi connectivity index (χ0) is 6.69. The molecule has 0 unspecified atom stereocenters. The van der Waals surface area contributed by atoms with Crippen LogP contribution in [0.2, 0.25) is 6.82 Å². The van der Waals surface area contributed by atoms with Crippen molar-refractivity contribution in [3.05, 3.63) is 0 Å². The van der Waals surface area contributed by atoms with Gasteiger partial charge in [0.15, 0.2) is 0 Å². The van der Waals surface area contributed by atoms with Crippen LogP contribution in [-0.2, 0) is 0 Å². The standard InChI is InChI=1S/CH7B4N4/c1-5(6)9-3-7-2-8-4-9/h7-8H,6H2,1H3. The first-order valence-corrected chi connectivity index (χ1v) is 2.84. The van der Waals surface area contributed by atoms with Crippen LogP contribution in [0.1, 0.15) is 0 Å². The van der Waals surface area contributed by atoms with E-state index in [1.54, 1.807) is 22.6 Å². The van der Waals surface area contributed by atoms with Gasteiger partial charge in [0.25, 0.3) is 29.6 Å². The zero-order valence-corrected chi connectivity index (χ0v) is 5.33. The molecular formula is CH7B4N4. The Balaban J connectivity index is 2.23. The summed E-state index contributed by atoms with van der Waals surface area (Å²) in [6.07, 6.45) is 0. The number of hydrogen-bond acceptors (Lipinski definition) is 4. The number of hydrogen-bond donors (Lipinski definition) is 3. The van der Waals surface area contributed by atoms with Gasteiger partial charge in [-0.3, -0.25) is 0 Å². The average Bonchev–Trinajstić information content (AvgIpc) is 1.90. The van der Waals surface area contributed by atoms with Gasteiger partial charge < -0.3 is 20.6 Å². The van der Waals surface area contributed by atoms with E-state index in [0.717, 1.165) is 0 Å². The van der Waals surface area contributed by atoms with E-state index in [0.29, 0.717) is 0 Å². The molecule has 8 heteroatoms. The highest BCUT2D eigenvalue weighted by molar-refractivity contribution is 6.78. The highest BCUT2D eigenvalue weighted by Gasteiger charge is 2.18. The van der Waals surface area contributed by atoms with E-state index in [-0.39, 0.29) is 6.98 Å². The molecule has 0 bridgehead atoms. The van der Waals surface area contributed by atoms with Gasteiger partial charge in [-0.25, -0.2) is 0 Å². The lowest BCUT2D eigenvalue weighted by Crippen LogP contribution is -2.64. The van der Waals surface area contributed by atoms with E-state index in [1.165, 1.54) is 0 Å². The summed E-state index contributed by atoms with van der Waals surface area (Å²) in [6.45, 7) is 1.92. The van der Waals surface area contributed by atoms with Crippen molar-refractivity contribution < 1.29 is 0 Å². The molecule has 4 N–H and O–H groups in total. The maximum Gasteiger partial charge on any atom is 0.284 e. The molecule has 1 heterocycles. The normalized spacial score (nSPS) is 19.3. The molecule has 1 saturated heterocycles. The van der Waals surface area contributed by atoms with Crippen molar-refractivity contribution in [3.8, 4) is 0 Å². The Kier molecular flexibility index (Phi) is 2.65. The van der Waals surface area contributed by atoms with Gasteiger partial charge >= 0.3 is 0 Å². The molecule has 9 heavy (non-hydrogen) atoms. The second-order valence-electron chi connectivity index (χ2n) is 1.92. The second-order valence-corrected chi connectivity index (χ2v) is 1.92. The third kappa shape index (κ3) is 2.06. The molecule has 1 aliphatic rings. The Hall–Kier alpha value is 0.0997. The van der Waals surface area contributed by atoms with Crippen LogP contribution in [0.25, 0.3) is 0 Å². The van der Waals surface area contributed by atoms with Crippen molar-refractivity contribution in [1.82, 2.24) is 14.9 Å². The summed E-state index contributed by atoms with van der Waals surface area (Å²) in [6, 6.07) is 0. The molecule has 0 atom stereocenters. The summed E-state index contributed by atoms with van der Waals surface area (Å²) in [5.74, 6) is 0. The fourth-order valence-electron chi connectivity index (χ4n) is 0.567. The van der Waals surface area contributed by atoms with Gasteiger partial charge in [0, 0.05) is 0 Å². The third-order valence-electron chi connectivity index (χ3n) is 1.08. The Labute approximate surface area is 57.9 Å². The lowest BCUT2D eigenvalue weighted by atomic mass is 9.63. The van der Waals surface area contributed by atoms with Crippen molar-refractivity contribution in [1.29, 1.82) is 0 Å². The van der Waals surface area contributed by atoms with Crippen LogP contribution in [0.4, 0.5) is 0 Å². The maximum atomic E-state index is 5.54. The van der Waals surface area contributed by atoms with E-state index >= 15 is 0 Å². The number of nitrogens with one attached hydrogen (secondary N) is 2. The summed E-state index contributed by atoms with van der Waals surface area (Å²) < 4.78 is 1.83. The molecule has 3 radical (unpaired) electrons. The largest absolute Gasteiger partial charge is 0.394 e. The number of nitrogens with two attached hydrogens (primary N) is 1. The van der Waals surface area contributed by atoms with E-state index in [1.807, 2.05) is 11.5 Å². The van der Waals surface area contributed by atoms with Gasteiger partial charge in [-0.1, -0.05) is 6.82 Å². The van der Waals surface area contributed by atoms with E-state index < -0.39 is 0 Å².